The summed E-state index contributed by atoms with van der Waals surface area (Å²) in [7, 11) is 0. The van der Waals surface area contributed by atoms with E-state index in [4.69, 9.17) is 0 Å². The van der Waals surface area contributed by atoms with Crippen LogP contribution >= 0.6 is 0 Å². The number of hydrogen-bond donors (Lipinski definition) is 0. The quantitative estimate of drug-likeness (QED) is 0.591. The number of aryl methyl sites for hydroxylation is 2. The first-order valence-electron chi connectivity index (χ1n) is 5.16. The van der Waals surface area contributed by atoms with Gasteiger partial charge in [0.15, 0.2) is 0 Å². The Bertz CT molecular complexity index is 248. The Balaban J connectivity index is 2.49. The standard InChI is InChI=1S/C14H18/c1-3-5-7-13-9-11-14(12-10-13)8-6-4-2/h3-4,9-12H,1-2,5-8H2. The van der Waals surface area contributed by atoms with Crippen molar-refractivity contribution in [2.75, 3.05) is 0 Å². The SMILES string of the molecule is C=CCCc1ccc(CCC=C)cc1. The van der Waals surface area contributed by atoms with Crippen molar-refractivity contribution in [2.45, 2.75) is 25.7 Å². The van der Waals surface area contributed by atoms with E-state index in [1.165, 1.54) is 11.1 Å². The molecule has 0 atom stereocenters. The van der Waals surface area contributed by atoms with Crippen LogP contribution in [-0.4, -0.2) is 0 Å². The maximum absolute atomic E-state index is 3.72. The maximum atomic E-state index is 3.72. The zero-order valence-corrected chi connectivity index (χ0v) is 8.71. The number of allylic oxidation sites excluding steroid dienone is 2. The van der Waals surface area contributed by atoms with Gasteiger partial charge < -0.3 is 0 Å². The second-order valence-electron chi connectivity index (χ2n) is 3.47. The highest BCUT2D eigenvalue weighted by atomic mass is 14.0. The summed E-state index contributed by atoms with van der Waals surface area (Å²) in [6.07, 6.45) is 8.26. The minimum atomic E-state index is 1.06. The molecular weight excluding hydrogens is 168 g/mol. The lowest BCUT2D eigenvalue weighted by Crippen LogP contribution is -1.86. The van der Waals surface area contributed by atoms with Crippen molar-refractivity contribution < 1.29 is 0 Å². The lowest BCUT2D eigenvalue weighted by Gasteiger charge is -2.01. The van der Waals surface area contributed by atoms with Crippen LogP contribution in [-0.2, 0) is 12.8 Å². The molecular formula is C14H18. The molecule has 0 heteroatoms. The van der Waals surface area contributed by atoms with Crippen molar-refractivity contribution >= 4 is 0 Å². The number of hydrogen-bond acceptors (Lipinski definition) is 0. The monoisotopic (exact) mass is 186 g/mol. The van der Waals surface area contributed by atoms with E-state index in [-0.39, 0.29) is 0 Å². The Morgan fingerprint density at radius 2 is 1.14 bits per heavy atom. The zero-order valence-electron chi connectivity index (χ0n) is 8.71. The van der Waals surface area contributed by atoms with Gasteiger partial charge in [-0.3, -0.25) is 0 Å². The van der Waals surface area contributed by atoms with Gasteiger partial charge in [-0.25, -0.2) is 0 Å². The van der Waals surface area contributed by atoms with Gasteiger partial charge in [-0.15, -0.1) is 13.2 Å². The van der Waals surface area contributed by atoms with Gasteiger partial charge in [0.05, 0.1) is 0 Å². The Hall–Kier alpha value is -1.30. The lowest BCUT2D eigenvalue weighted by molar-refractivity contribution is 0.979. The fourth-order valence-corrected chi connectivity index (χ4v) is 1.41. The van der Waals surface area contributed by atoms with E-state index in [9.17, 15) is 0 Å². The summed E-state index contributed by atoms with van der Waals surface area (Å²) in [5.74, 6) is 0. The summed E-state index contributed by atoms with van der Waals surface area (Å²) in [6.45, 7) is 7.45. The molecule has 0 bridgehead atoms. The summed E-state index contributed by atoms with van der Waals surface area (Å²) >= 11 is 0. The van der Waals surface area contributed by atoms with Crippen LogP contribution in [0.4, 0.5) is 0 Å². The van der Waals surface area contributed by atoms with Crippen molar-refractivity contribution in [2.24, 2.45) is 0 Å². The minimum Gasteiger partial charge on any atom is -0.103 e. The molecule has 0 amide bonds. The third kappa shape index (κ3) is 3.61. The van der Waals surface area contributed by atoms with Crippen LogP contribution in [0.1, 0.15) is 24.0 Å². The van der Waals surface area contributed by atoms with Crippen LogP contribution in [0.2, 0.25) is 0 Å². The van der Waals surface area contributed by atoms with E-state index in [0.717, 1.165) is 25.7 Å². The smallest absolute Gasteiger partial charge is 0.0244 e. The molecule has 1 aromatic carbocycles. The first-order valence-corrected chi connectivity index (χ1v) is 5.16. The summed E-state index contributed by atoms with van der Waals surface area (Å²) in [5.41, 5.74) is 2.79. The van der Waals surface area contributed by atoms with Crippen molar-refractivity contribution in [1.29, 1.82) is 0 Å². The summed E-state index contributed by atoms with van der Waals surface area (Å²) in [4.78, 5) is 0. The van der Waals surface area contributed by atoms with Gasteiger partial charge in [-0.2, -0.15) is 0 Å². The lowest BCUT2D eigenvalue weighted by atomic mass is 10.0. The van der Waals surface area contributed by atoms with Gasteiger partial charge in [-0.05, 0) is 36.8 Å². The molecule has 0 aliphatic heterocycles. The molecule has 0 unspecified atom stereocenters. The number of benzene rings is 1. The normalized spacial score (nSPS) is 9.71. The summed E-state index contributed by atoms with van der Waals surface area (Å²) in [5, 5.41) is 0. The molecule has 0 aromatic heterocycles. The van der Waals surface area contributed by atoms with Crippen LogP contribution in [0.15, 0.2) is 49.6 Å². The zero-order chi connectivity index (χ0) is 10.2. The minimum absolute atomic E-state index is 1.06. The predicted octanol–water partition coefficient (Wildman–Crippen LogP) is 3.92. The average Bonchev–Trinajstić information content (AvgIpc) is 2.25. The second-order valence-corrected chi connectivity index (χ2v) is 3.47. The van der Waals surface area contributed by atoms with Crippen molar-refractivity contribution in [1.82, 2.24) is 0 Å². The molecule has 0 aliphatic rings. The van der Waals surface area contributed by atoms with E-state index in [1.54, 1.807) is 0 Å². The first kappa shape index (κ1) is 10.8. The first-order chi connectivity index (χ1) is 6.86. The van der Waals surface area contributed by atoms with Crippen molar-refractivity contribution in [3.63, 3.8) is 0 Å². The molecule has 0 spiro atoms. The molecule has 0 heterocycles. The van der Waals surface area contributed by atoms with Crippen LogP contribution in [0, 0.1) is 0 Å². The molecule has 1 aromatic rings. The highest BCUT2D eigenvalue weighted by molar-refractivity contribution is 5.23. The molecule has 14 heavy (non-hydrogen) atoms. The summed E-state index contributed by atoms with van der Waals surface area (Å²) < 4.78 is 0. The third-order valence-corrected chi connectivity index (χ3v) is 2.30. The van der Waals surface area contributed by atoms with E-state index >= 15 is 0 Å². The topological polar surface area (TPSA) is 0 Å². The Morgan fingerprint density at radius 3 is 1.43 bits per heavy atom. The molecule has 0 radical (unpaired) electrons. The van der Waals surface area contributed by atoms with Crippen LogP contribution in [0.25, 0.3) is 0 Å². The van der Waals surface area contributed by atoms with Gasteiger partial charge >= 0.3 is 0 Å². The van der Waals surface area contributed by atoms with Crippen molar-refractivity contribution in [3.8, 4) is 0 Å². The Morgan fingerprint density at radius 1 is 0.786 bits per heavy atom. The van der Waals surface area contributed by atoms with Crippen LogP contribution in [0.5, 0.6) is 0 Å². The second kappa shape index (κ2) is 6.20. The molecule has 0 fully saturated rings. The Kier molecular flexibility index (Phi) is 4.77. The molecule has 0 N–H and O–H groups in total. The third-order valence-electron chi connectivity index (χ3n) is 2.30. The molecule has 1 rings (SSSR count). The van der Waals surface area contributed by atoms with Gasteiger partial charge in [-0.1, -0.05) is 36.4 Å². The van der Waals surface area contributed by atoms with Gasteiger partial charge in [0.1, 0.15) is 0 Å². The maximum Gasteiger partial charge on any atom is -0.0244 e. The molecule has 0 nitrogen and oxygen atoms in total. The fourth-order valence-electron chi connectivity index (χ4n) is 1.41. The van der Waals surface area contributed by atoms with E-state index in [0.29, 0.717) is 0 Å². The largest absolute Gasteiger partial charge is 0.103 e. The van der Waals surface area contributed by atoms with Crippen molar-refractivity contribution in [3.05, 3.63) is 60.7 Å². The highest BCUT2D eigenvalue weighted by Gasteiger charge is 1.93. The average molecular weight is 186 g/mol. The van der Waals surface area contributed by atoms with E-state index in [1.807, 2.05) is 12.2 Å². The highest BCUT2D eigenvalue weighted by Crippen LogP contribution is 2.08. The number of rotatable bonds is 6. The van der Waals surface area contributed by atoms with E-state index in [2.05, 4.69) is 37.4 Å². The van der Waals surface area contributed by atoms with Gasteiger partial charge in [0, 0.05) is 0 Å². The van der Waals surface area contributed by atoms with Crippen LogP contribution < -0.4 is 0 Å². The molecule has 0 saturated heterocycles. The summed E-state index contributed by atoms with van der Waals surface area (Å²) in [6, 6.07) is 8.84. The van der Waals surface area contributed by atoms with E-state index < -0.39 is 0 Å². The van der Waals surface area contributed by atoms with Crippen LogP contribution in [0.3, 0.4) is 0 Å². The fraction of sp³-hybridized carbons (Fsp3) is 0.286. The Labute approximate surface area is 87.0 Å². The van der Waals surface area contributed by atoms with Gasteiger partial charge in [0.2, 0.25) is 0 Å². The van der Waals surface area contributed by atoms with Gasteiger partial charge in [0.25, 0.3) is 0 Å². The predicted molar refractivity (Wildman–Crippen MR) is 63.5 cm³/mol. The molecule has 74 valence electrons. The molecule has 0 saturated carbocycles. The molecule has 0 aliphatic carbocycles.